The molecule has 4 rings (SSSR count). The van der Waals surface area contributed by atoms with Gasteiger partial charge >= 0.3 is 0 Å². The molecule has 0 aliphatic carbocycles. The molecule has 0 amide bonds. The zero-order chi connectivity index (χ0) is 21.3. The predicted octanol–water partition coefficient (Wildman–Crippen LogP) is 6.79. The van der Waals surface area contributed by atoms with Crippen LogP contribution in [-0.2, 0) is 0 Å². The summed E-state index contributed by atoms with van der Waals surface area (Å²) in [4.78, 5) is 13.6. The average Bonchev–Trinajstić information content (AvgIpc) is 3.10. The van der Waals surface area contributed by atoms with Crippen molar-refractivity contribution >= 4 is 49.5 Å². The topological polar surface area (TPSA) is 52.3 Å². The van der Waals surface area contributed by atoms with E-state index in [2.05, 4.69) is 40.2 Å². The van der Waals surface area contributed by atoms with Gasteiger partial charge in [-0.15, -0.1) is 11.3 Å². The van der Waals surface area contributed by atoms with Gasteiger partial charge in [0.2, 0.25) is 0 Å². The molecular weight excluding hydrogens is 456 g/mol. The van der Waals surface area contributed by atoms with Gasteiger partial charge in [-0.1, -0.05) is 40.2 Å². The number of nitrogens with zero attached hydrogens (tertiary/aromatic N) is 4. The number of nitriles is 1. The molecule has 0 bridgehead atoms. The maximum atomic E-state index is 9.14. The van der Waals surface area contributed by atoms with Crippen LogP contribution >= 0.6 is 27.3 Å². The monoisotopic (exact) mass is 474 g/mol. The molecule has 0 saturated carbocycles. The molecule has 0 aliphatic rings. The standard InChI is InChI=1S/C24H19BrN4S/c1-15-12-20(17-8-10-19(25)11-9-17)21-22(27-14-29(2)3)23(30-24(21)28-15)18-6-4-16(13-26)5-7-18/h4-12,14H,1-3H3. The fourth-order valence-corrected chi connectivity index (χ4v) is 4.71. The zero-order valence-electron chi connectivity index (χ0n) is 16.8. The van der Waals surface area contributed by atoms with Crippen LogP contribution in [0.5, 0.6) is 0 Å². The van der Waals surface area contributed by atoms with E-state index in [1.54, 1.807) is 11.3 Å². The van der Waals surface area contributed by atoms with Crippen molar-refractivity contribution in [2.75, 3.05) is 14.1 Å². The van der Waals surface area contributed by atoms with Gasteiger partial charge in [-0.25, -0.2) is 9.98 Å². The van der Waals surface area contributed by atoms with E-state index in [0.717, 1.165) is 47.6 Å². The second-order valence-electron chi connectivity index (χ2n) is 7.18. The van der Waals surface area contributed by atoms with Crippen LogP contribution in [0.15, 0.2) is 64.1 Å². The summed E-state index contributed by atoms with van der Waals surface area (Å²) in [7, 11) is 3.91. The van der Waals surface area contributed by atoms with Crippen LogP contribution in [0.3, 0.4) is 0 Å². The third kappa shape index (κ3) is 4.00. The van der Waals surface area contributed by atoms with Crippen LogP contribution in [0.4, 0.5) is 5.69 Å². The molecule has 0 fully saturated rings. The number of pyridine rings is 1. The highest BCUT2D eigenvalue weighted by atomic mass is 79.9. The van der Waals surface area contributed by atoms with E-state index in [-0.39, 0.29) is 0 Å². The summed E-state index contributed by atoms with van der Waals surface area (Å²) in [6.07, 6.45) is 1.82. The Kier molecular flexibility index (Phi) is 5.67. The molecule has 0 atom stereocenters. The van der Waals surface area contributed by atoms with Crippen molar-refractivity contribution in [1.82, 2.24) is 9.88 Å². The summed E-state index contributed by atoms with van der Waals surface area (Å²) in [5.41, 5.74) is 5.78. The van der Waals surface area contributed by atoms with E-state index in [1.807, 2.05) is 68.7 Å². The molecule has 0 aliphatic heterocycles. The minimum absolute atomic E-state index is 0.641. The molecular formula is C24H19BrN4S. The number of aromatic nitrogens is 1. The number of halogens is 1. The lowest BCUT2D eigenvalue weighted by Crippen LogP contribution is -2.07. The third-order valence-corrected chi connectivity index (χ3v) is 6.26. The van der Waals surface area contributed by atoms with Gasteiger partial charge in [-0.05, 0) is 53.9 Å². The van der Waals surface area contributed by atoms with Crippen molar-refractivity contribution in [2.24, 2.45) is 4.99 Å². The van der Waals surface area contributed by atoms with Crippen LogP contribution in [0, 0.1) is 18.3 Å². The Balaban J connectivity index is 2.03. The first kappa shape index (κ1) is 20.3. The molecule has 0 saturated heterocycles. The Labute approximate surface area is 188 Å². The lowest BCUT2D eigenvalue weighted by molar-refractivity contribution is 0.643. The van der Waals surface area contributed by atoms with E-state index >= 15 is 0 Å². The highest BCUT2D eigenvalue weighted by molar-refractivity contribution is 9.10. The third-order valence-electron chi connectivity index (χ3n) is 4.61. The molecule has 4 aromatic rings. The minimum Gasteiger partial charge on any atom is -0.369 e. The molecule has 2 aromatic carbocycles. The van der Waals surface area contributed by atoms with Gasteiger partial charge in [0.15, 0.2) is 0 Å². The van der Waals surface area contributed by atoms with Crippen LogP contribution in [0.2, 0.25) is 0 Å². The van der Waals surface area contributed by atoms with Gasteiger partial charge in [0.25, 0.3) is 0 Å². The Morgan fingerprint density at radius 1 is 1.07 bits per heavy atom. The summed E-state index contributed by atoms with van der Waals surface area (Å²) in [6, 6.07) is 20.2. The number of hydrogen-bond donors (Lipinski definition) is 0. The van der Waals surface area contributed by atoms with E-state index < -0.39 is 0 Å². The number of hydrogen-bond acceptors (Lipinski definition) is 4. The Morgan fingerprint density at radius 3 is 2.37 bits per heavy atom. The normalized spacial score (nSPS) is 11.2. The number of benzene rings is 2. The quantitative estimate of drug-likeness (QED) is 0.241. The Morgan fingerprint density at radius 2 is 1.73 bits per heavy atom. The average molecular weight is 475 g/mol. The van der Waals surface area contributed by atoms with Gasteiger partial charge in [0.05, 0.1) is 28.5 Å². The largest absolute Gasteiger partial charge is 0.369 e. The van der Waals surface area contributed by atoms with Crippen molar-refractivity contribution in [2.45, 2.75) is 6.92 Å². The molecule has 4 nitrogen and oxygen atoms in total. The number of aryl methyl sites for hydroxylation is 1. The first-order valence-corrected chi connectivity index (χ1v) is 11.0. The fourth-order valence-electron chi connectivity index (χ4n) is 3.25. The van der Waals surface area contributed by atoms with Crippen LogP contribution < -0.4 is 0 Å². The number of rotatable bonds is 4. The van der Waals surface area contributed by atoms with Crippen molar-refractivity contribution in [3.8, 4) is 27.6 Å². The van der Waals surface area contributed by atoms with Crippen LogP contribution in [0.25, 0.3) is 31.8 Å². The SMILES string of the molecule is Cc1cc(-c2ccc(Br)cc2)c2c(N=CN(C)C)c(-c3ccc(C#N)cc3)sc2n1. The molecule has 0 N–H and O–H groups in total. The molecule has 2 heterocycles. The molecule has 0 radical (unpaired) electrons. The maximum absolute atomic E-state index is 9.14. The molecule has 30 heavy (non-hydrogen) atoms. The first-order valence-electron chi connectivity index (χ1n) is 9.37. The number of fused-ring (bicyclic) bond motifs is 1. The second-order valence-corrected chi connectivity index (χ2v) is 9.09. The van der Waals surface area contributed by atoms with Crippen molar-refractivity contribution in [3.63, 3.8) is 0 Å². The summed E-state index contributed by atoms with van der Waals surface area (Å²) in [5, 5.41) is 10.2. The van der Waals surface area contributed by atoms with E-state index in [4.69, 9.17) is 15.2 Å². The summed E-state index contributed by atoms with van der Waals surface area (Å²) >= 11 is 5.15. The smallest absolute Gasteiger partial charge is 0.127 e. The molecule has 2 aromatic heterocycles. The van der Waals surface area contributed by atoms with E-state index in [0.29, 0.717) is 5.56 Å². The number of thiophene rings is 1. The zero-order valence-corrected chi connectivity index (χ0v) is 19.3. The highest BCUT2D eigenvalue weighted by Gasteiger charge is 2.19. The highest BCUT2D eigenvalue weighted by Crippen LogP contribution is 2.47. The van der Waals surface area contributed by atoms with Gasteiger partial charge < -0.3 is 4.90 Å². The van der Waals surface area contributed by atoms with Crippen LogP contribution in [0.1, 0.15) is 11.3 Å². The van der Waals surface area contributed by atoms with Crippen molar-refractivity contribution in [1.29, 1.82) is 5.26 Å². The van der Waals surface area contributed by atoms with E-state index in [9.17, 15) is 0 Å². The van der Waals surface area contributed by atoms with Gasteiger partial charge in [0.1, 0.15) is 4.83 Å². The maximum Gasteiger partial charge on any atom is 0.127 e. The molecule has 6 heteroatoms. The molecule has 148 valence electrons. The first-order chi connectivity index (χ1) is 14.5. The summed E-state index contributed by atoms with van der Waals surface area (Å²) < 4.78 is 1.04. The van der Waals surface area contributed by atoms with Gasteiger partial charge in [0, 0.05) is 29.6 Å². The number of aliphatic imine (C=N–C) groups is 1. The van der Waals surface area contributed by atoms with Crippen molar-refractivity contribution < 1.29 is 0 Å². The van der Waals surface area contributed by atoms with Gasteiger partial charge in [-0.2, -0.15) is 5.26 Å². The molecule has 0 spiro atoms. The lowest BCUT2D eigenvalue weighted by Gasteiger charge is -2.08. The molecule has 0 unspecified atom stereocenters. The minimum atomic E-state index is 0.641. The summed E-state index contributed by atoms with van der Waals surface area (Å²) in [6.45, 7) is 2.02. The van der Waals surface area contributed by atoms with E-state index in [1.165, 1.54) is 0 Å². The Bertz CT molecular complexity index is 1280. The predicted molar refractivity (Wildman–Crippen MR) is 129 cm³/mol. The van der Waals surface area contributed by atoms with Gasteiger partial charge in [-0.3, -0.25) is 0 Å². The van der Waals surface area contributed by atoms with Crippen molar-refractivity contribution in [3.05, 3.63) is 70.3 Å². The fraction of sp³-hybridized carbons (Fsp3) is 0.125. The van der Waals surface area contributed by atoms with Crippen LogP contribution in [-0.4, -0.2) is 30.3 Å². The Hall–Kier alpha value is -3.01. The summed E-state index contributed by atoms with van der Waals surface area (Å²) in [5.74, 6) is 0. The second kappa shape index (κ2) is 8.39. The lowest BCUT2D eigenvalue weighted by atomic mass is 10.0.